The molecule has 150 valence electrons. The van der Waals surface area contributed by atoms with Crippen LogP contribution < -0.4 is 0 Å². The van der Waals surface area contributed by atoms with E-state index in [4.69, 9.17) is 11.6 Å². The largest absolute Gasteiger partial charge is 0.301 e. The number of allylic oxidation sites excluding steroid dienone is 2. The van der Waals surface area contributed by atoms with Crippen molar-refractivity contribution in [3.8, 4) is 0 Å². The number of likely N-dealkylation sites (tertiary alicyclic amines) is 1. The van der Waals surface area contributed by atoms with Crippen LogP contribution in [-0.4, -0.2) is 72.3 Å². The summed E-state index contributed by atoms with van der Waals surface area (Å²) in [5.74, 6) is -0.382. The molecule has 2 aliphatic heterocycles. The van der Waals surface area contributed by atoms with Gasteiger partial charge in [-0.2, -0.15) is 0 Å². The van der Waals surface area contributed by atoms with E-state index in [0.717, 1.165) is 44.2 Å². The molecule has 2 heterocycles. The van der Waals surface area contributed by atoms with Crippen LogP contribution in [0, 0.1) is 11.8 Å². The molecule has 2 fully saturated rings. The van der Waals surface area contributed by atoms with Gasteiger partial charge in [0.2, 0.25) is 11.8 Å². The second-order valence-electron chi connectivity index (χ2n) is 7.17. The lowest BCUT2D eigenvalue weighted by Crippen LogP contribution is -2.47. The number of halogens is 3. The Bertz CT molecular complexity index is 522. The first-order valence-electron chi connectivity index (χ1n) is 9.24. The fourth-order valence-electron chi connectivity index (χ4n) is 4.12. The molecule has 0 N–H and O–H groups in total. The number of imide groups is 1. The predicted octanol–water partition coefficient (Wildman–Crippen LogP) is 2.77. The molecule has 0 aromatic rings. The molecule has 26 heavy (non-hydrogen) atoms. The van der Waals surface area contributed by atoms with Gasteiger partial charge in [-0.1, -0.05) is 24.6 Å². The van der Waals surface area contributed by atoms with Crippen molar-refractivity contribution in [2.45, 2.75) is 32.6 Å². The molecule has 8 heteroatoms. The van der Waals surface area contributed by atoms with Gasteiger partial charge in [-0.25, -0.2) is 0 Å². The highest BCUT2D eigenvalue weighted by molar-refractivity contribution is 6.30. The smallest absolute Gasteiger partial charge is 0.233 e. The summed E-state index contributed by atoms with van der Waals surface area (Å²) in [5.41, 5.74) is 0. The van der Waals surface area contributed by atoms with Crippen LogP contribution in [0.5, 0.6) is 0 Å². The number of hydrogen-bond donors (Lipinski definition) is 0. The van der Waals surface area contributed by atoms with Crippen LogP contribution >= 0.6 is 36.4 Å². The molecule has 0 aromatic carbocycles. The fraction of sp³-hybridized carbons (Fsp3) is 0.778. The highest BCUT2D eigenvalue weighted by Crippen LogP contribution is 2.38. The molecule has 0 aromatic heterocycles. The Hall–Kier alpha value is -0.330. The Morgan fingerprint density at radius 2 is 1.54 bits per heavy atom. The first-order valence-corrected chi connectivity index (χ1v) is 9.62. The molecular weight excluding hydrogens is 397 g/mol. The quantitative estimate of drug-likeness (QED) is 0.613. The van der Waals surface area contributed by atoms with E-state index in [0.29, 0.717) is 19.4 Å². The SMILES string of the molecule is CCCN1CCN(CCCN2C(=O)C3CC=C(Cl)CC3C2=O)CC1.Cl.Cl. The number of nitrogens with zero attached hydrogens (tertiary/aromatic N) is 3. The Balaban J connectivity index is 0.00000169. The summed E-state index contributed by atoms with van der Waals surface area (Å²) in [6.07, 6.45) is 5.12. The van der Waals surface area contributed by atoms with E-state index < -0.39 is 0 Å². The summed E-state index contributed by atoms with van der Waals surface area (Å²) >= 11 is 6.05. The fourth-order valence-corrected chi connectivity index (χ4v) is 4.38. The molecule has 2 unspecified atom stereocenters. The van der Waals surface area contributed by atoms with Crippen LogP contribution in [0.3, 0.4) is 0 Å². The van der Waals surface area contributed by atoms with Crippen LogP contribution in [-0.2, 0) is 9.59 Å². The molecule has 1 aliphatic carbocycles. The Kier molecular flexibility index (Phi) is 9.91. The van der Waals surface area contributed by atoms with Crippen LogP contribution in [0.2, 0.25) is 0 Å². The molecule has 0 saturated carbocycles. The summed E-state index contributed by atoms with van der Waals surface area (Å²) in [4.78, 5) is 31.4. The zero-order valence-corrected chi connectivity index (χ0v) is 17.8. The van der Waals surface area contributed by atoms with Gasteiger partial charge in [0.1, 0.15) is 0 Å². The van der Waals surface area contributed by atoms with Crippen molar-refractivity contribution < 1.29 is 9.59 Å². The second-order valence-corrected chi connectivity index (χ2v) is 7.65. The topological polar surface area (TPSA) is 43.9 Å². The van der Waals surface area contributed by atoms with E-state index in [1.165, 1.54) is 17.9 Å². The normalized spacial score (nSPS) is 26.8. The zero-order valence-electron chi connectivity index (χ0n) is 15.4. The van der Waals surface area contributed by atoms with Gasteiger partial charge < -0.3 is 9.80 Å². The van der Waals surface area contributed by atoms with Gasteiger partial charge in [-0.3, -0.25) is 14.5 Å². The van der Waals surface area contributed by atoms with E-state index in [1.807, 2.05) is 6.08 Å². The first-order chi connectivity index (χ1) is 11.6. The Labute approximate surface area is 173 Å². The van der Waals surface area contributed by atoms with Crippen molar-refractivity contribution in [3.63, 3.8) is 0 Å². The summed E-state index contributed by atoms with van der Waals surface area (Å²) < 4.78 is 0. The molecule has 3 aliphatic rings. The van der Waals surface area contributed by atoms with E-state index in [-0.39, 0.29) is 48.5 Å². The van der Waals surface area contributed by atoms with Crippen molar-refractivity contribution in [1.29, 1.82) is 0 Å². The summed E-state index contributed by atoms with van der Waals surface area (Å²) in [6.45, 7) is 9.36. The van der Waals surface area contributed by atoms with Crippen molar-refractivity contribution in [2.24, 2.45) is 11.8 Å². The van der Waals surface area contributed by atoms with E-state index in [2.05, 4.69) is 16.7 Å². The zero-order chi connectivity index (χ0) is 17.1. The average Bonchev–Trinajstić information content (AvgIpc) is 2.81. The number of carbonyl (C=O) groups is 2. The number of hydrogen-bond acceptors (Lipinski definition) is 4. The monoisotopic (exact) mass is 425 g/mol. The van der Waals surface area contributed by atoms with Crippen LogP contribution in [0.15, 0.2) is 11.1 Å². The maximum Gasteiger partial charge on any atom is 0.233 e. The number of carbonyl (C=O) groups excluding carboxylic acids is 2. The molecular formula is C18H30Cl3N3O2. The highest BCUT2D eigenvalue weighted by Gasteiger charge is 2.47. The van der Waals surface area contributed by atoms with Gasteiger partial charge in [0.15, 0.2) is 0 Å². The van der Waals surface area contributed by atoms with Crippen LogP contribution in [0.4, 0.5) is 0 Å². The standard InChI is InChI=1S/C18H28ClN3O2.2ClH/c1-2-6-20-9-11-21(12-10-20)7-3-8-22-17(23)15-5-4-14(19)13-16(15)18(22)24;;/h4,15-16H,2-3,5-13H2,1H3;2*1H. The third-order valence-electron chi connectivity index (χ3n) is 5.52. The lowest BCUT2D eigenvalue weighted by molar-refractivity contribution is -0.140. The molecule has 2 amide bonds. The first kappa shape index (κ1) is 23.7. The van der Waals surface area contributed by atoms with Crippen LogP contribution in [0.25, 0.3) is 0 Å². The molecule has 2 saturated heterocycles. The maximum absolute atomic E-state index is 12.5. The van der Waals surface area contributed by atoms with E-state index in [9.17, 15) is 9.59 Å². The van der Waals surface area contributed by atoms with Crippen LogP contribution in [0.1, 0.15) is 32.6 Å². The molecule has 5 nitrogen and oxygen atoms in total. The lowest BCUT2D eigenvalue weighted by atomic mass is 9.85. The third kappa shape index (κ3) is 5.35. The Morgan fingerprint density at radius 1 is 0.962 bits per heavy atom. The second kappa shape index (κ2) is 10.9. The Morgan fingerprint density at radius 3 is 2.15 bits per heavy atom. The summed E-state index contributed by atoms with van der Waals surface area (Å²) in [7, 11) is 0. The molecule has 0 spiro atoms. The minimum Gasteiger partial charge on any atom is -0.301 e. The van der Waals surface area contributed by atoms with E-state index in [1.54, 1.807) is 0 Å². The van der Waals surface area contributed by atoms with Gasteiger partial charge in [-0.05, 0) is 38.8 Å². The predicted molar refractivity (Wildman–Crippen MR) is 109 cm³/mol. The van der Waals surface area contributed by atoms with Crippen molar-refractivity contribution in [3.05, 3.63) is 11.1 Å². The average molecular weight is 427 g/mol. The van der Waals surface area contributed by atoms with E-state index >= 15 is 0 Å². The van der Waals surface area contributed by atoms with Gasteiger partial charge in [-0.15, -0.1) is 24.8 Å². The number of amides is 2. The van der Waals surface area contributed by atoms with Gasteiger partial charge >= 0.3 is 0 Å². The van der Waals surface area contributed by atoms with Gasteiger partial charge in [0.05, 0.1) is 11.8 Å². The third-order valence-corrected chi connectivity index (χ3v) is 5.83. The molecule has 2 atom stereocenters. The van der Waals surface area contributed by atoms with Crippen molar-refractivity contribution >= 4 is 48.2 Å². The molecule has 0 bridgehead atoms. The minimum absolute atomic E-state index is 0. The summed E-state index contributed by atoms with van der Waals surface area (Å²) in [5, 5.41) is 0.726. The maximum atomic E-state index is 12.5. The number of piperazine rings is 1. The molecule has 3 rings (SSSR count). The summed E-state index contributed by atoms with van der Waals surface area (Å²) in [6, 6.07) is 0. The van der Waals surface area contributed by atoms with Crippen molar-refractivity contribution in [2.75, 3.05) is 45.8 Å². The molecule has 0 radical (unpaired) electrons. The van der Waals surface area contributed by atoms with Gasteiger partial charge in [0, 0.05) is 37.8 Å². The lowest BCUT2D eigenvalue weighted by Gasteiger charge is -2.34. The van der Waals surface area contributed by atoms with Crippen molar-refractivity contribution in [1.82, 2.24) is 14.7 Å². The number of rotatable bonds is 6. The number of fused-ring (bicyclic) bond motifs is 1. The highest BCUT2D eigenvalue weighted by atomic mass is 35.5. The van der Waals surface area contributed by atoms with Gasteiger partial charge in [0.25, 0.3) is 0 Å². The minimum atomic E-state index is -0.215.